The van der Waals surface area contributed by atoms with E-state index in [9.17, 15) is 0 Å². The maximum atomic E-state index is 6.14. The lowest BCUT2D eigenvalue weighted by atomic mass is 10.2. The van der Waals surface area contributed by atoms with Gasteiger partial charge in [0.1, 0.15) is 11.0 Å². The number of hydrogen-bond donors (Lipinski definition) is 0. The Morgan fingerprint density at radius 3 is 2.79 bits per heavy atom. The van der Waals surface area contributed by atoms with Crippen LogP contribution < -0.4 is 0 Å². The first kappa shape index (κ1) is 9.46. The highest BCUT2D eigenvalue weighted by molar-refractivity contribution is 6.29. The lowest BCUT2D eigenvalue weighted by molar-refractivity contribution is 0.767. The number of fused-ring (bicyclic) bond motifs is 1. The van der Waals surface area contributed by atoms with Crippen LogP contribution in [0.3, 0.4) is 0 Å². The minimum atomic E-state index is 0.347. The van der Waals surface area contributed by atoms with E-state index in [1.807, 2.05) is 17.4 Å². The highest BCUT2D eigenvalue weighted by Crippen LogP contribution is 2.20. The van der Waals surface area contributed by atoms with Gasteiger partial charge in [0.15, 0.2) is 5.65 Å². The minimum absolute atomic E-state index is 0.347. The molecule has 0 atom stereocenters. The van der Waals surface area contributed by atoms with Gasteiger partial charge >= 0.3 is 0 Å². The van der Waals surface area contributed by atoms with Crippen molar-refractivity contribution in [3.8, 4) is 0 Å². The molecule has 0 aromatic carbocycles. The van der Waals surface area contributed by atoms with Crippen LogP contribution in [0, 0.1) is 6.92 Å². The molecule has 74 valence electrons. The summed E-state index contributed by atoms with van der Waals surface area (Å²) in [6.45, 7) is 6.10. The lowest BCUT2D eigenvalue weighted by Gasteiger charge is -2.06. The zero-order chi connectivity index (χ0) is 10.3. The molecule has 3 nitrogen and oxygen atoms in total. The van der Waals surface area contributed by atoms with Gasteiger partial charge in [0.2, 0.25) is 0 Å². The van der Waals surface area contributed by atoms with Gasteiger partial charge in [0, 0.05) is 11.6 Å². The average Bonchev–Trinajstić information content (AvgIpc) is 2.47. The Morgan fingerprint density at radius 2 is 2.14 bits per heavy atom. The van der Waals surface area contributed by atoms with E-state index in [1.54, 1.807) is 6.20 Å². The van der Waals surface area contributed by atoms with Gasteiger partial charge in [0.05, 0.1) is 6.20 Å². The van der Waals surface area contributed by atoms with E-state index in [4.69, 9.17) is 11.6 Å². The van der Waals surface area contributed by atoms with Crippen molar-refractivity contribution < 1.29 is 0 Å². The Balaban J connectivity index is 2.79. The molecule has 2 aromatic heterocycles. The number of aromatic nitrogens is 3. The first-order valence-corrected chi connectivity index (χ1v) is 4.98. The van der Waals surface area contributed by atoms with E-state index in [2.05, 4.69) is 23.8 Å². The minimum Gasteiger partial charge on any atom is -0.270 e. The van der Waals surface area contributed by atoms with Gasteiger partial charge in [-0.25, -0.2) is 9.97 Å². The monoisotopic (exact) mass is 209 g/mol. The molecule has 2 rings (SSSR count). The molecule has 0 amide bonds. The molecule has 0 aliphatic heterocycles. The fourth-order valence-electron chi connectivity index (χ4n) is 1.51. The molecule has 0 saturated heterocycles. The number of aryl methyl sites for hydroxylation is 1. The summed E-state index contributed by atoms with van der Waals surface area (Å²) >= 11 is 6.14. The number of halogens is 1. The Labute approximate surface area is 87.8 Å². The van der Waals surface area contributed by atoms with Crippen molar-refractivity contribution in [1.29, 1.82) is 0 Å². The highest BCUT2D eigenvalue weighted by Gasteiger charge is 2.11. The largest absolute Gasteiger partial charge is 0.270 e. The zero-order valence-corrected chi connectivity index (χ0v) is 9.21. The SMILES string of the molecule is Cc1cc(Cl)n2c(C(C)C)ncc2n1. The molecule has 0 fully saturated rings. The fraction of sp³-hybridized carbons (Fsp3) is 0.400. The Kier molecular flexibility index (Phi) is 2.19. The van der Waals surface area contributed by atoms with Gasteiger partial charge in [-0.05, 0) is 13.0 Å². The maximum absolute atomic E-state index is 6.14. The molecule has 0 aliphatic rings. The van der Waals surface area contributed by atoms with Crippen LogP contribution in [0.25, 0.3) is 5.65 Å². The molecule has 0 aliphatic carbocycles. The van der Waals surface area contributed by atoms with Crippen LogP contribution in [0.2, 0.25) is 5.15 Å². The number of imidazole rings is 1. The van der Waals surface area contributed by atoms with Crippen LogP contribution in [0.5, 0.6) is 0 Å². The van der Waals surface area contributed by atoms with E-state index >= 15 is 0 Å². The molecule has 0 saturated carbocycles. The average molecular weight is 210 g/mol. The Morgan fingerprint density at radius 1 is 1.43 bits per heavy atom. The first-order valence-electron chi connectivity index (χ1n) is 4.60. The molecule has 2 heterocycles. The summed E-state index contributed by atoms with van der Waals surface area (Å²) in [5.41, 5.74) is 1.73. The van der Waals surface area contributed by atoms with E-state index in [-0.39, 0.29) is 0 Å². The topological polar surface area (TPSA) is 30.2 Å². The second-order valence-electron chi connectivity index (χ2n) is 3.68. The Bertz CT molecular complexity index is 473. The molecular formula is C10H12ClN3. The lowest BCUT2D eigenvalue weighted by Crippen LogP contribution is -2.00. The molecule has 0 radical (unpaired) electrons. The summed E-state index contributed by atoms with van der Waals surface area (Å²) in [5.74, 6) is 1.30. The van der Waals surface area contributed by atoms with Crippen molar-refractivity contribution in [1.82, 2.24) is 14.4 Å². The fourth-order valence-corrected chi connectivity index (χ4v) is 1.84. The van der Waals surface area contributed by atoms with Crippen molar-refractivity contribution >= 4 is 17.2 Å². The van der Waals surface area contributed by atoms with Crippen LogP contribution in [0.1, 0.15) is 31.3 Å². The van der Waals surface area contributed by atoms with Crippen molar-refractivity contribution in [2.45, 2.75) is 26.7 Å². The molecule has 0 N–H and O–H groups in total. The van der Waals surface area contributed by atoms with Crippen molar-refractivity contribution in [2.24, 2.45) is 0 Å². The summed E-state index contributed by atoms with van der Waals surface area (Å²) in [7, 11) is 0. The third-order valence-electron chi connectivity index (χ3n) is 2.12. The number of rotatable bonds is 1. The summed E-state index contributed by atoms with van der Waals surface area (Å²) in [6.07, 6.45) is 1.76. The van der Waals surface area contributed by atoms with Crippen molar-refractivity contribution in [2.75, 3.05) is 0 Å². The van der Waals surface area contributed by atoms with Gasteiger partial charge < -0.3 is 0 Å². The van der Waals surface area contributed by atoms with Crippen LogP contribution in [0.15, 0.2) is 12.3 Å². The van der Waals surface area contributed by atoms with Crippen LogP contribution in [0.4, 0.5) is 0 Å². The normalized spacial score (nSPS) is 11.5. The first-order chi connectivity index (χ1) is 6.59. The molecule has 14 heavy (non-hydrogen) atoms. The number of nitrogens with zero attached hydrogens (tertiary/aromatic N) is 3. The van der Waals surface area contributed by atoms with Crippen molar-refractivity contribution in [3.05, 3.63) is 28.9 Å². The molecule has 2 aromatic rings. The van der Waals surface area contributed by atoms with Crippen LogP contribution in [-0.4, -0.2) is 14.4 Å². The maximum Gasteiger partial charge on any atom is 0.158 e. The summed E-state index contributed by atoms with van der Waals surface area (Å²) in [5, 5.41) is 0.675. The van der Waals surface area contributed by atoms with Gasteiger partial charge in [0.25, 0.3) is 0 Å². The molecule has 0 spiro atoms. The summed E-state index contributed by atoms with van der Waals surface area (Å²) in [6, 6.07) is 1.85. The predicted molar refractivity (Wildman–Crippen MR) is 56.8 cm³/mol. The van der Waals surface area contributed by atoms with Gasteiger partial charge in [-0.1, -0.05) is 25.4 Å². The third-order valence-corrected chi connectivity index (χ3v) is 2.40. The summed E-state index contributed by atoms with van der Waals surface area (Å²) < 4.78 is 1.89. The number of hydrogen-bond acceptors (Lipinski definition) is 2. The van der Waals surface area contributed by atoms with Crippen LogP contribution >= 0.6 is 11.6 Å². The third kappa shape index (κ3) is 1.38. The van der Waals surface area contributed by atoms with Gasteiger partial charge in [-0.2, -0.15) is 0 Å². The van der Waals surface area contributed by atoms with E-state index < -0.39 is 0 Å². The van der Waals surface area contributed by atoms with Gasteiger partial charge in [-0.3, -0.25) is 4.40 Å². The molecular weight excluding hydrogens is 198 g/mol. The zero-order valence-electron chi connectivity index (χ0n) is 8.45. The second-order valence-corrected chi connectivity index (χ2v) is 4.07. The van der Waals surface area contributed by atoms with E-state index in [0.29, 0.717) is 11.1 Å². The second kappa shape index (κ2) is 3.24. The standard InChI is InChI=1S/C10H12ClN3/c1-6(2)10-12-5-9-13-7(3)4-8(11)14(9)10/h4-6H,1-3H3. The summed E-state index contributed by atoms with van der Waals surface area (Å²) in [4.78, 5) is 8.67. The Hall–Kier alpha value is -1.09. The smallest absolute Gasteiger partial charge is 0.158 e. The van der Waals surface area contributed by atoms with E-state index in [0.717, 1.165) is 17.2 Å². The van der Waals surface area contributed by atoms with Crippen LogP contribution in [-0.2, 0) is 0 Å². The molecule has 0 unspecified atom stereocenters. The molecule has 4 heteroatoms. The quantitative estimate of drug-likeness (QED) is 0.677. The predicted octanol–water partition coefficient (Wildman–Crippen LogP) is 2.81. The molecule has 0 bridgehead atoms. The highest BCUT2D eigenvalue weighted by atomic mass is 35.5. The van der Waals surface area contributed by atoms with E-state index in [1.165, 1.54) is 0 Å². The van der Waals surface area contributed by atoms with Gasteiger partial charge in [-0.15, -0.1) is 0 Å². The van der Waals surface area contributed by atoms with Crippen molar-refractivity contribution in [3.63, 3.8) is 0 Å².